The molecule has 2 aromatic carbocycles. The number of rotatable bonds is 8. The number of ether oxygens (including phenoxy) is 3. The number of hydrogen-bond acceptors (Lipinski definition) is 6. The molecule has 0 saturated carbocycles. The van der Waals surface area contributed by atoms with E-state index in [9.17, 15) is 9.59 Å². The fourth-order valence-corrected chi connectivity index (χ4v) is 3.17. The molecule has 1 amide bonds. The number of nitrogens with one attached hydrogen (secondary N) is 1. The molecule has 30 heavy (non-hydrogen) atoms. The highest BCUT2D eigenvalue weighted by Gasteiger charge is 2.18. The molecule has 1 aliphatic heterocycles. The van der Waals surface area contributed by atoms with Gasteiger partial charge in [0.25, 0.3) is 5.91 Å². The normalized spacial score (nSPS) is 14.7. The Morgan fingerprint density at radius 1 is 1.07 bits per heavy atom. The lowest BCUT2D eigenvalue weighted by molar-refractivity contribution is -0.153. The van der Waals surface area contributed by atoms with Crippen LogP contribution < -0.4 is 15.0 Å². The summed E-state index contributed by atoms with van der Waals surface area (Å²) in [4.78, 5) is 26.7. The molecule has 1 saturated heterocycles. The molecule has 0 unspecified atom stereocenters. The van der Waals surface area contributed by atoms with E-state index in [1.807, 2.05) is 48.5 Å². The predicted molar refractivity (Wildman–Crippen MR) is 115 cm³/mol. The first-order chi connectivity index (χ1) is 14.5. The summed E-state index contributed by atoms with van der Waals surface area (Å²) < 4.78 is 15.8. The number of esters is 1. The van der Waals surface area contributed by atoms with Crippen molar-refractivity contribution in [3.8, 4) is 5.75 Å². The minimum absolute atomic E-state index is 0.207. The van der Waals surface area contributed by atoms with Crippen molar-refractivity contribution in [3.63, 3.8) is 0 Å². The van der Waals surface area contributed by atoms with Crippen LogP contribution in [-0.4, -0.2) is 51.4 Å². The lowest BCUT2D eigenvalue weighted by atomic mass is 10.1. The highest BCUT2D eigenvalue weighted by Crippen LogP contribution is 2.19. The van der Waals surface area contributed by atoms with Crippen LogP contribution in [0.2, 0.25) is 0 Å². The van der Waals surface area contributed by atoms with Gasteiger partial charge in [-0.2, -0.15) is 0 Å². The van der Waals surface area contributed by atoms with E-state index < -0.39 is 12.1 Å². The number of benzene rings is 2. The number of morpholine rings is 1. The van der Waals surface area contributed by atoms with Crippen molar-refractivity contribution in [1.82, 2.24) is 0 Å². The van der Waals surface area contributed by atoms with Crippen molar-refractivity contribution in [2.45, 2.75) is 25.9 Å². The second-order valence-corrected chi connectivity index (χ2v) is 7.12. The number of carbonyl (C=O) groups is 2. The predicted octanol–water partition coefficient (Wildman–Crippen LogP) is 3.03. The number of nitrogens with zero attached hydrogens (tertiary/aromatic N) is 1. The van der Waals surface area contributed by atoms with Gasteiger partial charge in [-0.05, 0) is 55.3 Å². The highest BCUT2D eigenvalue weighted by atomic mass is 16.5. The van der Waals surface area contributed by atoms with Gasteiger partial charge in [-0.3, -0.25) is 9.59 Å². The van der Waals surface area contributed by atoms with Gasteiger partial charge in [-0.1, -0.05) is 12.1 Å². The van der Waals surface area contributed by atoms with Gasteiger partial charge in [0.1, 0.15) is 5.75 Å². The monoisotopic (exact) mass is 412 g/mol. The summed E-state index contributed by atoms with van der Waals surface area (Å²) >= 11 is 0. The van der Waals surface area contributed by atoms with E-state index in [1.165, 1.54) is 0 Å². The molecule has 3 rings (SSSR count). The van der Waals surface area contributed by atoms with E-state index in [2.05, 4.69) is 10.2 Å². The molecule has 1 fully saturated rings. The molecule has 0 bridgehead atoms. The molecule has 0 radical (unpaired) electrons. The molecule has 160 valence electrons. The molecule has 2 aromatic rings. The zero-order valence-corrected chi connectivity index (χ0v) is 17.4. The Labute approximate surface area is 176 Å². The Hall–Kier alpha value is -3.06. The van der Waals surface area contributed by atoms with E-state index in [0.717, 1.165) is 43.3 Å². The first kappa shape index (κ1) is 21.6. The van der Waals surface area contributed by atoms with Crippen LogP contribution in [0.4, 0.5) is 11.4 Å². The number of carbonyl (C=O) groups excluding carboxylic acids is 2. The summed E-state index contributed by atoms with van der Waals surface area (Å²) in [5.74, 6) is 0.00708. The quantitative estimate of drug-likeness (QED) is 0.672. The van der Waals surface area contributed by atoms with Gasteiger partial charge in [0, 0.05) is 30.9 Å². The van der Waals surface area contributed by atoms with Crippen molar-refractivity contribution >= 4 is 23.3 Å². The van der Waals surface area contributed by atoms with Crippen LogP contribution in [0.25, 0.3) is 0 Å². The molecule has 1 N–H and O–H groups in total. The number of methoxy groups -OCH3 is 1. The van der Waals surface area contributed by atoms with Crippen molar-refractivity contribution in [2.24, 2.45) is 0 Å². The van der Waals surface area contributed by atoms with Gasteiger partial charge in [0.15, 0.2) is 6.10 Å². The fraction of sp³-hybridized carbons (Fsp3) is 0.391. The summed E-state index contributed by atoms with van der Waals surface area (Å²) in [6.07, 6.45) is -0.120. The van der Waals surface area contributed by atoms with Crippen LogP contribution in [0.3, 0.4) is 0 Å². The Balaban J connectivity index is 1.43. The Bertz CT molecular complexity index is 830. The Morgan fingerprint density at radius 3 is 2.37 bits per heavy atom. The Morgan fingerprint density at radius 2 is 1.73 bits per heavy atom. The van der Waals surface area contributed by atoms with Crippen molar-refractivity contribution in [2.75, 3.05) is 43.6 Å². The zero-order valence-electron chi connectivity index (χ0n) is 17.4. The van der Waals surface area contributed by atoms with Crippen molar-refractivity contribution in [3.05, 3.63) is 54.1 Å². The largest absolute Gasteiger partial charge is 0.497 e. The summed E-state index contributed by atoms with van der Waals surface area (Å²) in [5.41, 5.74) is 2.76. The maximum absolute atomic E-state index is 12.4. The van der Waals surface area contributed by atoms with Crippen LogP contribution in [0.15, 0.2) is 48.5 Å². The third-order valence-electron chi connectivity index (χ3n) is 4.97. The molecule has 1 atom stereocenters. The second-order valence-electron chi connectivity index (χ2n) is 7.12. The van der Waals surface area contributed by atoms with E-state index in [0.29, 0.717) is 12.1 Å². The topological polar surface area (TPSA) is 77.1 Å². The molecular weight excluding hydrogens is 384 g/mol. The lowest BCUT2D eigenvalue weighted by Gasteiger charge is -2.28. The van der Waals surface area contributed by atoms with Gasteiger partial charge in [-0.25, -0.2) is 0 Å². The van der Waals surface area contributed by atoms with E-state index in [1.54, 1.807) is 14.0 Å². The lowest BCUT2D eigenvalue weighted by Crippen LogP contribution is -2.36. The summed E-state index contributed by atoms with van der Waals surface area (Å²) in [6, 6.07) is 15.1. The molecule has 1 heterocycles. The first-order valence-electron chi connectivity index (χ1n) is 10.1. The Kier molecular flexibility index (Phi) is 7.68. The first-order valence-corrected chi connectivity index (χ1v) is 10.1. The minimum Gasteiger partial charge on any atom is -0.497 e. The maximum atomic E-state index is 12.4. The fourth-order valence-electron chi connectivity index (χ4n) is 3.17. The van der Waals surface area contributed by atoms with Crippen LogP contribution in [-0.2, 0) is 25.5 Å². The maximum Gasteiger partial charge on any atom is 0.306 e. The smallest absolute Gasteiger partial charge is 0.306 e. The SMILES string of the molecule is COc1ccc(CCC(=O)O[C@@H](C)C(=O)Nc2ccc(N3CCOCC3)cc2)cc1. The van der Waals surface area contributed by atoms with Gasteiger partial charge in [0.2, 0.25) is 0 Å². The number of anilines is 2. The number of hydrogen-bond donors (Lipinski definition) is 1. The van der Waals surface area contributed by atoms with Crippen molar-refractivity contribution < 1.29 is 23.8 Å². The average Bonchev–Trinajstić information content (AvgIpc) is 2.79. The molecular formula is C23H28N2O5. The number of aryl methyl sites for hydroxylation is 1. The van der Waals surface area contributed by atoms with Crippen LogP contribution in [0.1, 0.15) is 18.9 Å². The van der Waals surface area contributed by atoms with Crippen LogP contribution >= 0.6 is 0 Å². The summed E-state index contributed by atoms with van der Waals surface area (Å²) in [5, 5.41) is 2.79. The van der Waals surface area contributed by atoms with Crippen LogP contribution in [0, 0.1) is 0 Å². The number of amides is 1. The third kappa shape index (κ3) is 6.22. The van der Waals surface area contributed by atoms with Gasteiger partial charge >= 0.3 is 5.97 Å². The minimum atomic E-state index is -0.868. The van der Waals surface area contributed by atoms with Crippen molar-refractivity contribution in [1.29, 1.82) is 0 Å². The van der Waals surface area contributed by atoms with Gasteiger partial charge < -0.3 is 24.4 Å². The molecule has 0 spiro atoms. The zero-order chi connectivity index (χ0) is 21.3. The van der Waals surface area contributed by atoms with E-state index in [-0.39, 0.29) is 12.3 Å². The summed E-state index contributed by atoms with van der Waals surface area (Å²) in [7, 11) is 1.61. The third-order valence-corrected chi connectivity index (χ3v) is 4.97. The molecule has 7 nitrogen and oxygen atoms in total. The molecule has 0 aromatic heterocycles. The molecule has 0 aliphatic carbocycles. The van der Waals surface area contributed by atoms with E-state index in [4.69, 9.17) is 14.2 Å². The molecule has 1 aliphatic rings. The van der Waals surface area contributed by atoms with Crippen LogP contribution in [0.5, 0.6) is 5.75 Å². The van der Waals surface area contributed by atoms with Gasteiger partial charge in [-0.15, -0.1) is 0 Å². The highest BCUT2D eigenvalue weighted by molar-refractivity contribution is 5.95. The second kappa shape index (κ2) is 10.6. The van der Waals surface area contributed by atoms with Gasteiger partial charge in [0.05, 0.1) is 20.3 Å². The van der Waals surface area contributed by atoms with E-state index >= 15 is 0 Å². The molecule has 7 heteroatoms. The summed E-state index contributed by atoms with van der Waals surface area (Å²) in [6.45, 7) is 4.73. The standard InChI is InChI=1S/C23H28N2O5/c1-17(30-22(26)12-5-18-3-10-21(28-2)11-4-18)23(27)24-19-6-8-20(9-7-19)25-13-15-29-16-14-25/h3-4,6-11,17H,5,12-16H2,1-2H3,(H,24,27)/t17-/m0/s1. The average molecular weight is 412 g/mol.